The fourth-order valence-corrected chi connectivity index (χ4v) is 1.74. The summed E-state index contributed by atoms with van der Waals surface area (Å²) in [6, 6.07) is 0. The summed E-state index contributed by atoms with van der Waals surface area (Å²) in [5.41, 5.74) is 1.01. The lowest BCUT2D eigenvalue weighted by molar-refractivity contribution is 0.981. The van der Waals surface area contributed by atoms with E-state index in [0.29, 0.717) is 0 Å². The zero-order valence-corrected chi connectivity index (χ0v) is 7.94. The standard InChI is InChI=1S/C6H7BrN2S/c1-10-6-5(4-7)8-2-3-9-6/h2-3H,4H2,1H3. The van der Waals surface area contributed by atoms with Crippen molar-refractivity contribution in [1.82, 2.24) is 9.97 Å². The van der Waals surface area contributed by atoms with Crippen molar-refractivity contribution < 1.29 is 0 Å². The van der Waals surface area contributed by atoms with Gasteiger partial charge < -0.3 is 0 Å². The second-order valence-corrected chi connectivity index (χ2v) is 3.00. The summed E-state index contributed by atoms with van der Waals surface area (Å²) in [6.07, 6.45) is 5.41. The van der Waals surface area contributed by atoms with E-state index >= 15 is 0 Å². The van der Waals surface area contributed by atoms with Gasteiger partial charge in [0.05, 0.1) is 5.69 Å². The molecule has 10 heavy (non-hydrogen) atoms. The molecule has 0 bridgehead atoms. The van der Waals surface area contributed by atoms with Crippen LogP contribution in [0, 0.1) is 0 Å². The van der Waals surface area contributed by atoms with Crippen molar-refractivity contribution in [3.05, 3.63) is 18.1 Å². The first-order chi connectivity index (χ1) is 4.88. The Morgan fingerprint density at radius 3 is 2.70 bits per heavy atom. The summed E-state index contributed by atoms with van der Waals surface area (Å²) in [4.78, 5) is 8.28. The van der Waals surface area contributed by atoms with E-state index in [2.05, 4.69) is 25.9 Å². The van der Waals surface area contributed by atoms with Crippen molar-refractivity contribution in [2.45, 2.75) is 10.4 Å². The van der Waals surface area contributed by atoms with Crippen molar-refractivity contribution in [2.24, 2.45) is 0 Å². The van der Waals surface area contributed by atoms with Gasteiger partial charge in [0.1, 0.15) is 5.03 Å². The Labute approximate surface area is 72.6 Å². The molecule has 1 aromatic heterocycles. The summed E-state index contributed by atoms with van der Waals surface area (Å²) >= 11 is 4.95. The molecule has 0 aromatic carbocycles. The number of hydrogen-bond acceptors (Lipinski definition) is 3. The summed E-state index contributed by atoms with van der Waals surface area (Å²) in [5.74, 6) is 0. The lowest BCUT2D eigenvalue weighted by Crippen LogP contribution is -1.90. The lowest BCUT2D eigenvalue weighted by atomic mass is 10.5. The van der Waals surface area contributed by atoms with Crippen LogP contribution in [0.25, 0.3) is 0 Å². The molecule has 2 nitrogen and oxygen atoms in total. The van der Waals surface area contributed by atoms with Crippen molar-refractivity contribution in [2.75, 3.05) is 6.26 Å². The van der Waals surface area contributed by atoms with Crippen LogP contribution in [-0.2, 0) is 5.33 Å². The molecule has 54 valence electrons. The highest BCUT2D eigenvalue weighted by Gasteiger charge is 1.99. The molecule has 1 aromatic rings. The minimum absolute atomic E-state index is 0.775. The van der Waals surface area contributed by atoms with Gasteiger partial charge in [0.2, 0.25) is 0 Å². The number of alkyl halides is 1. The zero-order valence-electron chi connectivity index (χ0n) is 5.54. The minimum atomic E-state index is 0.775. The van der Waals surface area contributed by atoms with Crippen molar-refractivity contribution in [3.8, 4) is 0 Å². The molecule has 0 spiro atoms. The van der Waals surface area contributed by atoms with Gasteiger partial charge in [0, 0.05) is 17.7 Å². The number of aromatic nitrogens is 2. The summed E-state index contributed by atoms with van der Waals surface area (Å²) in [7, 11) is 0. The van der Waals surface area contributed by atoms with Gasteiger partial charge in [-0.15, -0.1) is 11.8 Å². The van der Waals surface area contributed by atoms with E-state index in [4.69, 9.17) is 0 Å². The third-order valence-corrected chi connectivity index (χ3v) is 2.31. The molecule has 0 aliphatic carbocycles. The SMILES string of the molecule is CSc1nccnc1CBr. The Morgan fingerprint density at radius 1 is 1.50 bits per heavy atom. The van der Waals surface area contributed by atoms with Crippen LogP contribution in [0.4, 0.5) is 0 Å². The fraction of sp³-hybridized carbons (Fsp3) is 0.333. The summed E-state index contributed by atoms with van der Waals surface area (Å²) < 4.78 is 0. The predicted molar refractivity (Wildman–Crippen MR) is 46.4 cm³/mol. The van der Waals surface area contributed by atoms with E-state index in [1.807, 2.05) is 6.26 Å². The van der Waals surface area contributed by atoms with E-state index in [0.717, 1.165) is 16.0 Å². The van der Waals surface area contributed by atoms with Crippen molar-refractivity contribution in [1.29, 1.82) is 0 Å². The van der Waals surface area contributed by atoms with E-state index in [1.54, 1.807) is 24.2 Å². The molecule has 0 saturated carbocycles. The van der Waals surface area contributed by atoms with Crippen LogP contribution in [0.3, 0.4) is 0 Å². The largest absolute Gasteiger partial charge is 0.256 e. The first kappa shape index (κ1) is 8.01. The number of rotatable bonds is 2. The van der Waals surface area contributed by atoms with Gasteiger partial charge in [-0.3, -0.25) is 4.98 Å². The Hall–Kier alpha value is -0.0900. The Kier molecular flexibility index (Phi) is 3.15. The molecule has 0 amide bonds. The van der Waals surface area contributed by atoms with Crippen LogP contribution in [0.15, 0.2) is 17.4 Å². The molecule has 0 N–H and O–H groups in total. The second kappa shape index (κ2) is 3.93. The molecular formula is C6H7BrN2S. The number of hydrogen-bond donors (Lipinski definition) is 0. The Balaban J connectivity index is 2.96. The molecule has 0 unspecified atom stereocenters. The molecule has 1 rings (SSSR count). The second-order valence-electron chi connectivity index (χ2n) is 1.65. The normalized spacial score (nSPS) is 9.80. The van der Waals surface area contributed by atoms with E-state index in [-0.39, 0.29) is 0 Å². The fourth-order valence-electron chi connectivity index (χ4n) is 0.616. The quantitative estimate of drug-likeness (QED) is 0.562. The minimum Gasteiger partial charge on any atom is -0.256 e. The number of thioether (sulfide) groups is 1. The Morgan fingerprint density at radius 2 is 2.20 bits per heavy atom. The van der Waals surface area contributed by atoms with E-state index < -0.39 is 0 Å². The Bertz CT molecular complexity index is 194. The van der Waals surface area contributed by atoms with Crippen LogP contribution < -0.4 is 0 Å². The maximum Gasteiger partial charge on any atom is 0.118 e. The molecule has 0 fully saturated rings. The van der Waals surface area contributed by atoms with Gasteiger partial charge in [-0.05, 0) is 6.26 Å². The first-order valence-electron chi connectivity index (χ1n) is 2.78. The van der Waals surface area contributed by atoms with Gasteiger partial charge in [0.25, 0.3) is 0 Å². The van der Waals surface area contributed by atoms with Crippen LogP contribution >= 0.6 is 27.7 Å². The molecular weight excluding hydrogens is 212 g/mol. The third kappa shape index (κ3) is 1.70. The van der Waals surface area contributed by atoms with Crippen molar-refractivity contribution >= 4 is 27.7 Å². The highest BCUT2D eigenvalue weighted by atomic mass is 79.9. The predicted octanol–water partition coefficient (Wildman–Crippen LogP) is 2.09. The molecule has 0 radical (unpaired) electrons. The zero-order chi connectivity index (χ0) is 7.40. The summed E-state index contributed by atoms with van der Waals surface area (Å²) in [5, 5.41) is 1.77. The maximum absolute atomic E-state index is 4.14. The molecule has 0 aliphatic heterocycles. The highest BCUT2D eigenvalue weighted by molar-refractivity contribution is 9.08. The number of halogens is 1. The van der Waals surface area contributed by atoms with Gasteiger partial charge in [-0.1, -0.05) is 15.9 Å². The average Bonchev–Trinajstić information content (AvgIpc) is 2.04. The van der Waals surface area contributed by atoms with Crippen LogP contribution in [0.5, 0.6) is 0 Å². The maximum atomic E-state index is 4.14. The highest BCUT2D eigenvalue weighted by Crippen LogP contribution is 2.16. The first-order valence-corrected chi connectivity index (χ1v) is 5.13. The topological polar surface area (TPSA) is 25.8 Å². The van der Waals surface area contributed by atoms with Gasteiger partial charge in [0.15, 0.2) is 0 Å². The van der Waals surface area contributed by atoms with Crippen molar-refractivity contribution in [3.63, 3.8) is 0 Å². The van der Waals surface area contributed by atoms with Crippen LogP contribution in [0.2, 0.25) is 0 Å². The molecule has 0 atom stereocenters. The van der Waals surface area contributed by atoms with Crippen LogP contribution in [0.1, 0.15) is 5.69 Å². The monoisotopic (exact) mass is 218 g/mol. The molecule has 0 aliphatic rings. The lowest BCUT2D eigenvalue weighted by Gasteiger charge is -1.98. The molecule has 1 heterocycles. The van der Waals surface area contributed by atoms with E-state index in [1.165, 1.54) is 0 Å². The van der Waals surface area contributed by atoms with Gasteiger partial charge in [-0.25, -0.2) is 4.98 Å². The average molecular weight is 219 g/mol. The van der Waals surface area contributed by atoms with Gasteiger partial charge in [-0.2, -0.15) is 0 Å². The number of nitrogens with zero attached hydrogens (tertiary/aromatic N) is 2. The van der Waals surface area contributed by atoms with Crippen LogP contribution in [-0.4, -0.2) is 16.2 Å². The summed E-state index contributed by atoms with van der Waals surface area (Å²) in [6.45, 7) is 0. The molecule has 0 saturated heterocycles. The van der Waals surface area contributed by atoms with Gasteiger partial charge >= 0.3 is 0 Å². The smallest absolute Gasteiger partial charge is 0.118 e. The third-order valence-electron chi connectivity index (χ3n) is 1.06. The van der Waals surface area contributed by atoms with E-state index in [9.17, 15) is 0 Å². The molecule has 4 heteroatoms.